The number of hydrogen-bond donors (Lipinski definition) is 1. The summed E-state index contributed by atoms with van der Waals surface area (Å²) in [6.45, 7) is 18.5. The number of nitrogens with zero attached hydrogens (tertiary/aromatic N) is 3. The number of rotatable bonds is 19. The topological polar surface area (TPSA) is 198 Å². The first-order valence-corrected chi connectivity index (χ1v) is 20.4. The molecule has 0 saturated carbocycles. The van der Waals surface area contributed by atoms with E-state index in [9.17, 15) is 29.0 Å². The highest BCUT2D eigenvalue weighted by Crippen LogP contribution is 2.58. The van der Waals surface area contributed by atoms with Gasteiger partial charge in [0, 0.05) is 31.0 Å². The van der Waals surface area contributed by atoms with Crippen LogP contribution in [0, 0.1) is 29.1 Å². The average molecular weight is 777 g/mol. The second kappa shape index (κ2) is 19.7. The van der Waals surface area contributed by atoms with Crippen molar-refractivity contribution >= 4 is 27.8 Å². The van der Waals surface area contributed by atoms with Crippen LogP contribution in [0.5, 0.6) is 0 Å². The molecule has 0 spiro atoms. The van der Waals surface area contributed by atoms with Crippen molar-refractivity contribution in [1.29, 1.82) is 5.26 Å². The van der Waals surface area contributed by atoms with Crippen LogP contribution >= 0.6 is 15.9 Å². The lowest BCUT2D eigenvalue weighted by Crippen LogP contribution is -2.43. The smallest absolute Gasteiger partial charge is 0.336 e. The van der Waals surface area contributed by atoms with Crippen LogP contribution in [0.1, 0.15) is 100 Å². The van der Waals surface area contributed by atoms with Crippen LogP contribution in [-0.2, 0) is 46.7 Å². The van der Waals surface area contributed by atoms with E-state index in [2.05, 4.69) is 15.7 Å². The molecule has 1 fully saturated rings. The molecule has 2 rings (SSSR count). The van der Waals surface area contributed by atoms with Gasteiger partial charge in [-0.25, -0.2) is 4.79 Å². The number of nitriles is 1. The van der Waals surface area contributed by atoms with Crippen molar-refractivity contribution in [3.05, 3.63) is 32.6 Å². The summed E-state index contributed by atoms with van der Waals surface area (Å²) < 4.78 is 58.1. The minimum Gasteiger partial charge on any atom is -0.438 e. The van der Waals surface area contributed by atoms with Gasteiger partial charge in [0.1, 0.15) is 14.4 Å². The number of methoxy groups -OCH3 is 1. The van der Waals surface area contributed by atoms with Crippen molar-refractivity contribution in [2.75, 3.05) is 33.5 Å². The predicted octanol–water partition coefficient (Wildman–Crippen LogP) is 5.59. The Labute approximate surface area is 308 Å². The molecule has 5 atom stereocenters. The Hall–Kier alpha value is -2.47. The number of hydrogen-bond acceptors (Lipinski definition) is 14. The Morgan fingerprint density at radius 2 is 1.58 bits per heavy atom. The quantitative estimate of drug-likeness (QED) is 0.0790. The molecule has 16 nitrogen and oxygen atoms in total. The first kappa shape index (κ1) is 45.7. The number of carbonyl (C=O) groups is 2. The van der Waals surface area contributed by atoms with Crippen LogP contribution in [0.2, 0.25) is 0 Å². The van der Waals surface area contributed by atoms with Crippen molar-refractivity contribution in [1.82, 2.24) is 14.2 Å². The lowest BCUT2D eigenvalue weighted by molar-refractivity contribution is -0.162. The highest BCUT2D eigenvalue weighted by Gasteiger charge is 2.53. The third kappa shape index (κ3) is 12.8. The molecule has 18 heteroatoms. The molecule has 0 radical (unpaired) electrons. The van der Waals surface area contributed by atoms with Gasteiger partial charge < -0.3 is 23.5 Å². The number of nitrogens with one attached hydrogen (secondary N) is 1. The van der Waals surface area contributed by atoms with E-state index < -0.39 is 87.6 Å². The molecular formula is C34H58N4O12P2. The number of aromatic amines is 1. The van der Waals surface area contributed by atoms with Gasteiger partial charge in [0.05, 0.1) is 47.9 Å². The first-order valence-electron chi connectivity index (χ1n) is 17.4. The van der Waals surface area contributed by atoms with Crippen LogP contribution < -0.4 is 11.2 Å². The number of aromatic nitrogens is 2. The normalized spacial score (nSPS) is 20.3. The summed E-state index contributed by atoms with van der Waals surface area (Å²) in [7, 11) is -4.07. The van der Waals surface area contributed by atoms with E-state index in [1.807, 2.05) is 27.7 Å². The Balaban J connectivity index is 2.50. The molecule has 1 unspecified atom stereocenters. The van der Waals surface area contributed by atoms with Crippen LogP contribution in [0.3, 0.4) is 0 Å². The van der Waals surface area contributed by atoms with Crippen molar-refractivity contribution < 1.29 is 46.7 Å². The molecule has 1 aliphatic heterocycles. The summed E-state index contributed by atoms with van der Waals surface area (Å²) in [5.41, 5.74) is -3.06. The number of ether oxygens (including phenoxy) is 4. The summed E-state index contributed by atoms with van der Waals surface area (Å²) >= 11 is 0. The van der Waals surface area contributed by atoms with Crippen LogP contribution in [-0.4, -0.2) is 89.6 Å². The maximum Gasteiger partial charge on any atom is 0.336 e. The molecular weight excluding hydrogens is 718 g/mol. The first-order chi connectivity index (χ1) is 24.1. The Morgan fingerprint density at radius 3 is 2.04 bits per heavy atom. The third-order valence-corrected chi connectivity index (χ3v) is 12.8. The van der Waals surface area contributed by atoms with E-state index >= 15 is 0 Å². The van der Waals surface area contributed by atoms with Crippen molar-refractivity contribution in [3.8, 4) is 6.07 Å². The highest BCUT2D eigenvalue weighted by molar-refractivity contribution is 7.53. The van der Waals surface area contributed by atoms with Gasteiger partial charge in [-0.1, -0.05) is 0 Å². The summed E-state index contributed by atoms with van der Waals surface area (Å²) in [6, 6.07) is 2.14. The van der Waals surface area contributed by atoms with Gasteiger partial charge in [-0.05, 0) is 89.0 Å². The number of aryl methyl sites for hydroxylation is 1. The fourth-order valence-corrected chi connectivity index (χ4v) is 9.58. The molecule has 0 aliphatic carbocycles. The lowest BCUT2D eigenvalue weighted by atomic mass is 9.98. The van der Waals surface area contributed by atoms with Crippen molar-refractivity contribution in [2.24, 2.45) is 10.8 Å². The van der Waals surface area contributed by atoms with E-state index in [1.54, 1.807) is 48.5 Å². The average Bonchev–Trinajstić information content (AvgIpc) is 3.38. The highest BCUT2D eigenvalue weighted by atomic mass is 31.2. The van der Waals surface area contributed by atoms with Gasteiger partial charge in [0.2, 0.25) is 13.6 Å². The molecule has 1 N–H and O–H groups in total. The SMILES string of the molecule is CO[C@@H]1[C@H](P(OCCC#N)N(C(C)C)C(C)C)[C@@H](CCCP(=O)(OCOC(=O)C(C)(C)C)OCOC(=O)C(C)(C)C)O[C@H]1n1cc(C)c(=O)[nH]c1=O. The number of H-pyrrole nitrogens is 1. The largest absolute Gasteiger partial charge is 0.438 e. The van der Waals surface area contributed by atoms with E-state index in [1.165, 1.54) is 17.9 Å². The van der Waals surface area contributed by atoms with Gasteiger partial charge >= 0.3 is 25.2 Å². The lowest BCUT2D eigenvalue weighted by Gasteiger charge is -2.42. The van der Waals surface area contributed by atoms with E-state index in [0.29, 0.717) is 5.56 Å². The van der Waals surface area contributed by atoms with E-state index in [4.69, 9.17) is 32.5 Å². The molecule has 0 bridgehead atoms. The summed E-state index contributed by atoms with van der Waals surface area (Å²) in [6.07, 6.45) is -0.519. The van der Waals surface area contributed by atoms with Gasteiger partial charge in [-0.2, -0.15) is 5.26 Å². The van der Waals surface area contributed by atoms with Gasteiger partial charge in [0.15, 0.2) is 6.23 Å². The molecule has 1 aromatic rings. The summed E-state index contributed by atoms with van der Waals surface area (Å²) in [5, 5.41) is 9.32. The van der Waals surface area contributed by atoms with Crippen molar-refractivity contribution in [3.63, 3.8) is 0 Å². The minimum absolute atomic E-state index is 0.0112. The summed E-state index contributed by atoms with van der Waals surface area (Å²) in [5.74, 6) is -1.15. The molecule has 52 heavy (non-hydrogen) atoms. The van der Waals surface area contributed by atoms with E-state index in [0.717, 1.165) is 0 Å². The third-order valence-electron chi connectivity index (χ3n) is 8.01. The fraction of sp³-hybridized carbons (Fsp3) is 0.794. The van der Waals surface area contributed by atoms with Gasteiger partial charge in [0.25, 0.3) is 5.56 Å². The fourth-order valence-electron chi connectivity index (χ4n) is 5.43. The Morgan fingerprint density at radius 1 is 1.04 bits per heavy atom. The standard InChI is InChI=1S/C34H58N4O12P2/c1-22(2)38(23(3)4)51(47-17-14-16-35)27-25(50-29(26(27)44-12)37-19-24(5)28(39)36-32(37)42)15-13-18-52(43,48-20-45-30(40)33(6,7)8)49-21-46-31(41)34(9,10)11/h19,22-23,25-27,29H,13-15,17-18,20-21H2,1-12H3,(H,36,39,42)/t25-,26-,27-,29-,51?/m1/s1. The zero-order valence-electron chi connectivity index (χ0n) is 32.6. The van der Waals surface area contributed by atoms with E-state index in [-0.39, 0.29) is 44.1 Å². The minimum atomic E-state index is -4.03. The molecule has 296 valence electrons. The summed E-state index contributed by atoms with van der Waals surface area (Å²) in [4.78, 5) is 52.4. The van der Waals surface area contributed by atoms with Crippen LogP contribution in [0.25, 0.3) is 0 Å². The maximum absolute atomic E-state index is 14.0. The molecule has 1 aromatic heterocycles. The molecule has 1 aliphatic rings. The maximum atomic E-state index is 14.0. The van der Waals surface area contributed by atoms with Crippen LogP contribution in [0.15, 0.2) is 15.8 Å². The monoisotopic (exact) mass is 776 g/mol. The molecule has 2 heterocycles. The molecule has 0 aromatic carbocycles. The van der Waals surface area contributed by atoms with Crippen molar-refractivity contribution in [2.45, 2.75) is 132 Å². The Bertz CT molecular complexity index is 1500. The van der Waals surface area contributed by atoms with Crippen LogP contribution in [0.4, 0.5) is 0 Å². The zero-order chi connectivity index (χ0) is 39.6. The Kier molecular flexibility index (Phi) is 17.3. The second-order valence-electron chi connectivity index (χ2n) is 15.2. The molecule has 0 amide bonds. The predicted molar refractivity (Wildman–Crippen MR) is 194 cm³/mol. The molecule has 1 saturated heterocycles. The zero-order valence-corrected chi connectivity index (χ0v) is 34.4. The van der Waals surface area contributed by atoms with Gasteiger partial charge in [-0.3, -0.25) is 42.2 Å². The van der Waals surface area contributed by atoms with Gasteiger partial charge in [-0.15, -0.1) is 0 Å². The number of carbonyl (C=O) groups excluding carboxylic acids is 2. The second-order valence-corrected chi connectivity index (χ2v) is 19.3. The number of esters is 2.